The molecule has 0 spiro atoms. The van der Waals surface area contributed by atoms with Crippen molar-refractivity contribution in [3.05, 3.63) is 106 Å². The molecule has 0 amide bonds. The molecular weight excluding hydrogens is 623 g/mol. The summed E-state index contributed by atoms with van der Waals surface area (Å²) in [4.78, 5) is 30.1. The number of fused-ring (bicyclic) bond motifs is 2. The Morgan fingerprint density at radius 1 is 0.745 bits per heavy atom. The summed E-state index contributed by atoms with van der Waals surface area (Å²) < 4.78 is 4.87. The molecule has 0 N–H and O–H groups in total. The second-order valence-corrected chi connectivity index (χ2v) is 14.6. The van der Waals surface area contributed by atoms with Crippen LogP contribution >= 0.6 is 23.5 Å². The van der Waals surface area contributed by atoms with Gasteiger partial charge in [0, 0.05) is 45.7 Å². The molecule has 7 nitrogen and oxygen atoms in total. The number of carbonyl (C=O) groups excluding carboxylic acids is 1. The first-order valence-corrected chi connectivity index (χ1v) is 17.3. The monoisotopic (exact) mass is 657 g/mol. The number of hydrogen-bond donors (Lipinski definition) is 0. The molecule has 0 aliphatic carbocycles. The molecule has 2 aliphatic heterocycles. The van der Waals surface area contributed by atoms with Crippen LogP contribution in [0.3, 0.4) is 0 Å². The van der Waals surface area contributed by atoms with E-state index in [-0.39, 0.29) is 22.5 Å². The van der Waals surface area contributed by atoms with Gasteiger partial charge in [-0.1, -0.05) is 51.4 Å². The molecule has 0 saturated heterocycles. The molecule has 0 radical (unpaired) electrons. The molecule has 6 rings (SSSR count). The van der Waals surface area contributed by atoms with E-state index in [1.165, 1.54) is 39.5 Å². The summed E-state index contributed by atoms with van der Waals surface area (Å²) in [5, 5.41) is 8.68. The molecule has 0 saturated carbocycles. The van der Waals surface area contributed by atoms with Crippen LogP contribution in [0.25, 0.3) is 0 Å². The van der Waals surface area contributed by atoms with Gasteiger partial charge >= 0.3 is 5.97 Å². The van der Waals surface area contributed by atoms with E-state index in [4.69, 9.17) is 10.00 Å². The normalized spacial score (nSPS) is 15.0. The smallest absolute Gasteiger partial charge is 0.376 e. The molecule has 0 unspecified atom stereocenters. The Bertz CT molecular complexity index is 1940. The SMILES string of the molecule is CC1(C)CCSc2ccc(C#Cc3cnc(C#N)nc3)cc21.CCOC(=O)c1ncc(C#Cc2ccc3c(c2)C(C)(C)CCS3)cn1. The lowest BCUT2D eigenvalue weighted by Crippen LogP contribution is -2.22. The molecule has 9 heteroatoms. The number of aromatic nitrogens is 4. The number of thioether (sulfide) groups is 2. The van der Waals surface area contributed by atoms with Gasteiger partial charge in [0.1, 0.15) is 6.07 Å². The van der Waals surface area contributed by atoms with E-state index in [0.717, 1.165) is 16.9 Å². The topological polar surface area (TPSA) is 102 Å². The molecule has 2 aromatic carbocycles. The minimum atomic E-state index is -0.517. The maximum absolute atomic E-state index is 11.5. The number of nitrogens with zero attached hydrogens (tertiary/aromatic N) is 5. The zero-order valence-electron chi connectivity index (χ0n) is 27.2. The molecular formula is C38H35N5O2S2. The van der Waals surface area contributed by atoms with Crippen LogP contribution in [0.5, 0.6) is 0 Å². The van der Waals surface area contributed by atoms with Crippen LogP contribution in [0.1, 0.15) is 97.3 Å². The first kappa shape index (κ1) is 33.7. The summed E-state index contributed by atoms with van der Waals surface area (Å²) in [7, 11) is 0. The number of rotatable bonds is 2. The Labute approximate surface area is 285 Å². The molecule has 0 bridgehead atoms. The van der Waals surface area contributed by atoms with E-state index in [1.807, 2.05) is 35.7 Å². The highest BCUT2D eigenvalue weighted by Crippen LogP contribution is 2.42. The third-order valence-electron chi connectivity index (χ3n) is 7.95. The van der Waals surface area contributed by atoms with Crippen molar-refractivity contribution >= 4 is 29.5 Å². The summed E-state index contributed by atoms with van der Waals surface area (Å²) in [5.41, 5.74) is 6.49. The third-order valence-corrected chi connectivity index (χ3v) is 10.1. The van der Waals surface area contributed by atoms with Crippen LogP contribution in [0.15, 0.2) is 71.0 Å². The van der Waals surface area contributed by atoms with Gasteiger partial charge in [-0.3, -0.25) is 0 Å². The quantitative estimate of drug-likeness (QED) is 0.162. The first-order chi connectivity index (χ1) is 22.6. The Kier molecular flexibility index (Phi) is 10.7. The predicted octanol–water partition coefficient (Wildman–Crippen LogP) is 7.35. The average molecular weight is 658 g/mol. The molecule has 0 fully saturated rings. The van der Waals surface area contributed by atoms with Crippen molar-refractivity contribution in [2.24, 2.45) is 0 Å². The van der Waals surface area contributed by atoms with Crippen molar-refractivity contribution in [3.63, 3.8) is 0 Å². The van der Waals surface area contributed by atoms with Crippen LogP contribution in [-0.4, -0.2) is 44.0 Å². The molecule has 236 valence electrons. The highest BCUT2D eigenvalue weighted by molar-refractivity contribution is 7.99. The maximum Gasteiger partial charge on any atom is 0.376 e. The molecule has 4 aromatic rings. The second-order valence-electron chi connectivity index (χ2n) is 12.3. The molecule has 2 aliphatic rings. The van der Waals surface area contributed by atoms with E-state index >= 15 is 0 Å². The summed E-state index contributed by atoms with van der Waals surface area (Å²) in [5.74, 6) is 14.5. The van der Waals surface area contributed by atoms with E-state index < -0.39 is 5.97 Å². The lowest BCUT2D eigenvalue weighted by Gasteiger charge is -2.32. The fourth-order valence-corrected chi connectivity index (χ4v) is 8.03. The molecule has 2 aromatic heterocycles. The van der Waals surface area contributed by atoms with Gasteiger partial charge in [-0.25, -0.2) is 24.7 Å². The summed E-state index contributed by atoms with van der Waals surface area (Å²) >= 11 is 3.83. The molecule has 47 heavy (non-hydrogen) atoms. The van der Waals surface area contributed by atoms with Gasteiger partial charge in [0.15, 0.2) is 0 Å². The van der Waals surface area contributed by atoms with Gasteiger partial charge in [0.25, 0.3) is 0 Å². The predicted molar refractivity (Wildman–Crippen MR) is 186 cm³/mol. The highest BCUT2D eigenvalue weighted by atomic mass is 32.2. The molecule has 4 heterocycles. The van der Waals surface area contributed by atoms with Crippen LogP contribution in [0.4, 0.5) is 0 Å². The average Bonchev–Trinajstić information content (AvgIpc) is 3.07. The number of esters is 1. The number of benzene rings is 2. The number of nitriles is 1. The molecule has 0 atom stereocenters. The standard InChI is InChI=1S/C20H20N2O2S.C18H15N3S/c1-4-24-19(23)18-21-12-15(13-22-18)6-5-14-7-8-17-16(11-14)20(2,3)9-10-25-17;1-18(2)7-8-22-16-6-5-13(9-15(16)18)3-4-14-11-20-17(10-19)21-12-14/h7-8,11-13H,4,9-10H2,1-3H3;5-6,9,11-12H,7-8H2,1-2H3. The second kappa shape index (κ2) is 14.9. The van der Waals surface area contributed by atoms with E-state index in [0.29, 0.717) is 17.7 Å². The van der Waals surface area contributed by atoms with Gasteiger partial charge in [-0.05, 0) is 89.6 Å². The van der Waals surface area contributed by atoms with Gasteiger partial charge in [-0.2, -0.15) is 5.26 Å². The van der Waals surface area contributed by atoms with Crippen LogP contribution in [0, 0.1) is 35.0 Å². The van der Waals surface area contributed by atoms with Crippen molar-refractivity contribution in [1.82, 2.24) is 19.9 Å². The first-order valence-electron chi connectivity index (χ1n) is 15.4. The summed E-state index contributed by atoms with van der Waals surface area (Å²) in [6.45, 7) is 11.2. The van der Waals surface area contributed by atoms with Crippen molar-refractivity contribution in [3.8, 4) is 29.8 Å². The Hall–Kier alpha value is -4.62. The lowest BCUT2D eigenvalue weighted by atomic mass is 9.81. The van der Waals surface area contributed by atoms with Gasteiger partial charge in [0.05, 0.1) is 17.7 Å². The maximum atomic E-state index is 11.5. The van der Waals surface area contributed by atoms with Gasteiger partial charge in [0.2, 0.25) is 11.6 Å². The Morgan fingerprint density at radius 3 is 1.64 bits per heavy atom. The van der Waals surface area contributed by atoms with Crippen molar-refractivity contribution in [2.45, 2.75) is 68.1 Å². The van der Waals surface area contributed by atoms with Gasteiger partial charge < -0.3 is 4.74 Å². The fraction of sp³-hybridized carbons (Fsp3) is 0.316. The largest absolute Gasteiger partial charge is 0.460 e. The minimum absolute atomic E-state index is 0.0555. The summed E-state index contributed by atoms with van der Waals surface area (Å²) in [6.07, 6.45) is 8.61. The number of ether oxygens (including phenoxy) is 1. The van der Waals surface area contributed by atoms with Gasteiger partial charge in [-0.15, -0.1) is 23.5 Å². The minimum Gasteiger partial charge on any atom is -0.460 e. The fourth-order valence-electron chi connectivity index (χ4n) is 5.06. The lowest BCUT2D eigenvalue weighted by molar-refractivity contribution is 0.0512. The third kappa shape index (κ3) is 8.60. The number of hydrogen-bond acceptors (Lipinski definition) is 9. The van der Waals surface area contributed by atoms with Crippen molar-refractivity contribution in [1.29, 1.82) is 5.26 Å². The zero-order chi connectivity index (χ0) is 33.4. The van der Waals surface area contributed by atoms with Crippen LogP contribution < -0.4 is 0 Å². The zero-order valence-corrected chi connectivity index (χ0v) is 28.8. The van der Waals surface area contributed by atoms with Crippen LogP contribution in [-0.2, 0) is 15.6 Å². The highest BCUT2D eigenvalue weighted by Gasteiger charge is 2.28. The van der Waals surface area contributed by atoms with E-state index in [9.17, 15) is 4.79 Å². The Balaban J connectivity index is 0.000000186. The van der Waals surface area contributed by atoms with Crippen molar-refractivity contribution in [2.75, 3.05) is 18.1 Å². The van der Waals surface area contributed by atoms with Crippen molar-refractivity contribution < 1.29 is 9.53 Å². The summed E-state index contributed by atoms with van der Waals surface area (Å²) in [6, 6.07) is 14.7. The Morgan fingerprint density at radius 2 is 1.19 bits per heavy atom. The number of carbonyl (C=O) groups is 1. The van der Waals surface area contributed by atoms with E-state index in [2.05, 4.69) is 102 Å². The van der Waals surface area contributed by atoms with E-state index in [1.54, 1.807) is 31.7 Å². The van der Waals surface area contributed by atoms with Crippen LogP contribution in [0.2, 0.25) is 0 Å².